The highest BCUT2D eigenvalue weighted by Gasteiger charge is 2.35. The summed E-state index contributed by atoms with van der Waals surface area (Å²) in [5.74, 6) is -0.171. The lowest BCUT2D eigenvalue weighted by atomic mass is 9.86. The van der Waals surface area contributed by atoms with E-state index in [0.29, 0.717) is 19.3 Å². The summed E-state index contributed by atoms with van der Waals surface area (Å²) in [6.45, 7) is 1.93. The molecule has 1 aliphatic heterocycles. The van der Waals surface area contributed by atoms with Crippen molar-refractivity contribution in [3.63, 3.8) is 0 Å². The minimum absolute atomic E-state index is 0.0978. The summed E-state index contributed by atoms with van der Waals surface area (Å²) < 4.78 is 44.5. The average Bonchev–Trinajstić information content (AvgIpc) is 2.78. The van der Waals surface area contributed by atoms with E-state index in [2.05, 4.69) is 15.2 Å². The zero-order valence-electron chi connectivity index (χ0n) is 17.3. The van der Waals surface area contributed by atoms with E-state index in [1.807, 2.05) is 0 Å². The predicted molar refractivity (Wildman–Crippen MR) is 110 cm³/mol. The molecule has 2 aromatic rings. The first kappa shape index (κ1) is 21.4. The molecule has 1 aromatic carbocycles. The monoisotopic (exact) mass is 434 g/mol. The highest BCUT2D eigenvalue weighted by atomic mass is 19.4. The van der Waals surface area contributed by atoms with Crippen LogP contribution in [0, 0.1) is 5.92 Å². The summed E-state index contributed by atoms with van der Waals surface area (Å²) in [5, 5.41) is 2.63. The van der Waals surface area contributed by atoms with E-state index in [9.17, 15) is 18.0 Å². The molecule has 6 nitrogen and oxygen atoms in total. The summed E-state index contributed by atoms with van der Waals surface area (Å²) in [5.41, 5.74) is 1.07. The normalized spacial score (nSPS) is 19.0. The number of ether oxygens (including phenoxy) is 1. The molecule has 0 spiro atoms. The molecule has 2 aliphatic rings. The van der Waals surface area contributed by atoms with Crippen molar-refractivity contribution >= 4 is 17.5 Å². The van der Waals surface area contributed by atoms with Gasteiger partial charge in [0.05, 0.1) is 12.7 Å². The number of anilines is 2. The third-order valence-electron chi connectivity index (χ3n) is 5.92. The van der Waals surface area contributed by atoms with Crippen LogP contribution in [0.15, 0.2) is 24.4 Å². The Kier molecular flexibility index (Phi) is 6.02. The number of halogens is 3. The molecule has 9 heteroatoms. The minimum atomic E-state index is -4.57. The number of alkyl halides is 3. The van der Waals surface area contributed by atoms with Crippen LogP contribution in [0.5, 0.6) is 5.75 Å². The number of piperidine rings is 1. The van der Waals surface area contributed by atoms with Crippen molar-refractivity contribution in [2.45, 2.75) is 44.7 Å². The molecule has 1 aromatic heterocycles. The van der Waals surface area contributed by atoms with Crippen molar-refractivity contribution in [1.29, 1.82) is 0 Å². The van der Waals surface area contributed by atoms with Gasteiger partial charge >= 0.3 is 6.18 Å². The Bertz CT molecular complexity index is 958. The molecule has 166 valence electrons. The Morgan fingerprint density at radius 3 is 2.71 bits per heavy atom. The second-order valence-corrected chi connectivity index (χ2v) is 8.03. The molecule has 0 unspecified atom stereocenters. The maximum Gasteiger partial charge on any atom is 0.420 e. The predicted octanol–water partition coefficient (Wildman–Crippen LogP) is 4.24. The Morgan fingerprint density at radius 1 is 1.23 bits per heavy atom. The third-order valence-corrected chi connectivity index (χ3v) is 5.92. The van der Waals surface area contributed by atoms with Crippen LogP contribution < -0.4 is 15.0 Å². The number of hydrogen-bond donors (Lipinski definition) is 1. The zero-order chi connectivity index (χ0) is 22.0. The van der Waals surface area contributed by atoms with E-state index in [-0.39, 0.29) is 23.3 Å². The fourth-order valence-corrected chi connectivity index (χ4v) is 4.22. The fourth-order valence-electron chi connectivity index (χ4n) is 4.22. The maximum atomic E-state index is 13.2. The number of carbonyl (C=O) groups excluding carboxylic acids is 1. The van der Waals surface area contributed by atoms with Gasteiger partial charge in [-0.2, -0.15) is 13.2 Å². The first-order valence-electron chi connectivity index (χ1n) is 10.5. The second-order valence-electron chi connectivity index (χ2n) is 8.03. The van der Waals surface area contributed by atoms with Gasteiger partial charge in [0.1, 0.15) is 5.75 Å². The van der Waals surface area contributed by atoms with E-state index in [1.54, 1.807) is 6.20 Å². The molecule has 0 bridgehead atoms. The van der Waals surface area contributed by atoms with E-state index in [1.165, 1.54) is 25.7 Å². The Balaban J connectivity index is 1.44. The van der Waals surface area contributed by atoms with Crippen LogP contribution in [0.2, 0.25) is 0 Å². The summed E-state index contributed by atoms with van der Waals surface area (Å²) in [4.78, 5) is 24.1. The van der Waals surface area contributed by atoms with Crippen LogP contribution in [-0.4, -0.2) is 36.1 Å². The molecule has 1 atom stereocenters. The zero-order valence-corrected chi connectivity index (χ0v) is 17.3. The number of fused-ring (bicyclic) bond motifs is 1. The summed E-state index contributed by atoms with van der Waals surface area (Å²) >= 11 is 0. The first-order chi connectivity index (χ1) is 14.8. The number of nitrogens with zero attached hydrogens (tertiary/aromatic N) is 3. The minimum Gasteiger partial charge on any atom is -0.496 e. The number of nitrogens with one attached hydrogen (secondary N) is 1. The number of amides is 1. The molecule has 4 rings (SSSR count). The van der Waals surface area contributed by atoms with Crippen LogP contribution >= 0.6 is 0 Å². The van der Waals surface area contributed by atoms with Gasteiger partial charge in [-0.25, -0.2) is 9.97 Å². The quantitative estimate of drug-likeness (QED) is 0.780. The number of benzene rings is 1. The standard InChI is InChI=1S/C22H25F3N4O2/c1-31-19-8-6-16(12-17(19)22(23,24)25)27-20(30)14-5-7-18-15(11-14)13-26-21(28-18)29-9-3-2-4-10-29/h6,8,12-14H,2-5,7,9-11H2,1H3,(H,27,30)/t14-/m0/s1. The van der Waals surface area contributed by atoms with Gasteiger partial charge in [-0.1, -0.05) is 0 Å². The van der Waals surface area contributed by atoms with Gasteiger partial charge in [-0.15, -0.1) is 0 Å². The highest BCUT2D eigenvalue weighted by molar-refractivity contribution is 5.93. The molecule has 1 aliphatic carbocycles. The van der Waals surface area contributed by atoms with E-state index >= 15 is 0 Å². The van der Waals surface area contributed by atoms with Crippen molar-refractivity contribution in [1.82, 2.24) is 9.97 Å². The van der Waals surface area contributed by atoms with Crippen LogP contribution in [-0.2, 0) is 23.8 Å². The van der Waals surface area contributed by atoms with Crippen molar-refractivity contribution < 1.29 is 22.7 Å². The number of carbonyl (C=O) groups is 1. The lowest BCUT2D eigenvalue weighted by molar-refractivity contribution is -0.138. The van der Waals surface area contributed by atoms with E-state index in [0.717, 1.165) is 49.2 Å². The first-order valence-corrected chi connectivity index (χ1v) is 10.5. The maximum absolute atomic E-state index is 13.2. The van der Waals surface area contributed by atoms with Crippen molar-refractivity contribution in [3.05, 3.63) is 41.2 Å². The van der Waals surface area contributed by atoms with Gasteiger partial charge in [0.25, 0.3) is 0 Å². The lowest BCUT2D eigenvalue weighted by Gasteiger charge is -2.28. The molecular weight excluding hydrogens is 409 g/mol. The van der Waals surface area contributed by atoms with Gasteiger partial charge < -0.3 is 15.0 Å². The van der Waals surface area contributed by atoms with Crippen molar-refractivity contribution in [2.75, 3.05) is 30.4 Å². The summed E-state index contributed by atoms with van der Waals surface area (Å²) in [6.07, 6.45) is 2.46. The molecule has 31 heavy (non-hydrogen) atoms. The second kappa shape index (κ2) is 8.72. The van der Waals surface area contributed by atoms with Gasteiger partial charge in [0.2, 0.25) is 11.9 Å². The molecule has 1 fully saturated rings. The van der Waals surface area contributed by atoms with Gasteiger partial charge in [0.15, 0.2) is 0 Å². The van der Waals surface area contributed by atoms with Crippen LogP contribution in [0.4, 0.5) is 24.8 Å². The van der Waals surface area contributed by atoms with Crippen LogP contribution in [0.3, 0.4) is 0 Å². The van der Waals surface area contributed by atoms with E-state index < -0.39 is 11.7 Å². The van der Waals surface area contributed by atoms with Crippen LogP contribution in [0.25, 0.3) is 0 Å². The van der Waals surface area contributed by atoms with Gasteiger partial charge in [-0.3, -0.25) is 4.79 Å². The molecule has 1 N–H and O–H groups in total. The Morgan fingerprint density at radius 2 is 2.00 bits per heavy atom. The summed E-state index contributed by atoms with van der Waals surface area (Å²) in [7, 11) is 1.18. The fraction of sp³-hybridized carbons (Fsp3) is 0.500. The number of aryl methyl sites for hydroxylation is 1. The Hall–Kier alpha value is -2.84. The molecule has 1 saturated heterocycles. The molecule has 1 amide bonds. The van der Waals surface area contributed by atoms with Crippen LogP contribution in [0.1, 0.15) is 42.5 Å². The average molecular weight is 434 g/mol. The van der Waals surface area contributed by atoms with E-state index in [4.69, 9.17) is 9.72 Å². The molecule has 0 saturated carbocycles. The molecular formula is C22H25F3N4O2. The number of rotatable bonds is 4. The van der Waals surface area contributed by atoms with Gasteiger partial charge in [-0.05, 0) is 62.3 Å². The lowest BCUT2D eigenvalue weighted by Crippen LogP contribution is -2.32. The van der Waals surface area contributed by atoms with Crippen molar-refractivity contribution in [3.8, 4) is 5.75 Å². The van der Waals surface area contributed by atoms with Gasteiger partial charge in [0, 0.05) is 36.6 Å². The number of methoxy groups -OCH3 is 1. The third kappa shape index (κ3) is 4.75. The van der Waals surface area contributed by atoms with Crippen molar-refractivity contribution in [2.24, 2.45) is 5.92 Å². The topological polar surface area (TPSA) is 67.3 Å². The largest absolute Gasteiger partial charge is 0.496 e. The number of aromatic nitrogens is 2. The number of hydrogen-bond acceptors (Lipinski definition) is 5. The summed E-state index contributed by atoms with van der Waals surface area (Å²) in [6, 6.07) is 3.53. The molecule has 2 heterocycles. The SMILES string of the molecule is COc1ccc(NC(=O)[C@H]2CCc3nc(N4CCCCC4)ncc3C2)cc1C(F)(F)F. The smallest absolute Gasteiger partial charge is 0.420 e. The highest BCUT2D eigenvalue weighted by Crippen LogP contribution is 2.38. The molecule has 0 radical (unpaired) electrons. The Labute approximate surface area is 178 Å².